The molecule has 0 bridgehead atoms. The average molecular weight is 131 g/mol. The molecule has 1 aliphatic rings. The van der Waals surface area contributed by atoms with Crippen molar-refractivity contribution in [2.45, 2.75) is 31.4 Å². The van der Waals surface area contributed by atoms with E-state index in [-0.39, 0.29) is 0 Å². The van der Waals surface area contributed by atoms with Gasteiger partial charge < -0.3 is 5.11 Å². The van der Waals surface area contributed by atoms with Crippen LogP contribution in [-0.2, 0) is 0 Å². The molecule has 1 fully saturated rings. The lowest BCUT2D eigenvalue weighted by Crippen LogP contribution is -2.27. The molecule has 1 rings (SSSR count). The van der Waals surface area contributed by atoms with Gasteiger partial charge in [-0.1, -0.05) is 0 Å². The van der Waals surface area contributed by atoms with Crippen LogP contribution >= 0.6 is 0 Å². The highest BCUT2D eigenvalue weighted by molar-refractivity contribution is 4.75. The van der Waals surface area contributed by atoms with Crippen LogP contribution in [0.4, 0.5) is 0 Å². The number of aliphatic hydroxyl groups excluding tert-OH is 1. The summed E-state index contributed by atoms with van der Waals surface area (Å²) >= 11 is 0. The Balaban J connectivity index is 2.49. The van der Waals surface area contributed by atoms with E-state index in [1.807, 2.05) is 0 Å². The van der Waals surface area contributed by atoms with E-state index in [0.717, 1.165) is 6.42 Å². The van der Waals surface area contributed by atoms with Crippen molar-refractivity contribution in [2.75, 3.05) is 0 Å². The standard InChI is InChI=1S/C5H9NO3/c7-5-3-1-2-4(5)6(8)9/h4-5,7H,1-3H2. The van der Waals surface area contributed by atoms with Gasteiger partial charge in [0.15, 0.2) is 0 Å². The highest BCUT2D eigenvalue weighted by Gasteiger charge is 2.34. The molecule has 1 aliphatic carbocycles. The molecule has 4 nitrogen and oxygen atoms in total. The highest BCUT2D eigenvalue weighted by atomic mass is 16.6. The lowest BCUT2D eigenvalue weighted by molar-refractivity contribution is -0.530. The van der Waals surface area contributed by atoms with Gasteiger partial charge in [-0.25, -0.2) is 0 Å². The molecule has 0 aliphatic heterocycles. The molecule has 0 aromatic carbocycles. The van der Waals surface area contributed by atoms with Gasteiger partial charge in [0.1, 0.15) is 6.10 Å². The van der Waals surface area contributed by atoms with E-state index in [0.29, 0.717) is 12.8 Å². The summed E-state index contributed by atoms with van der Waals surface area (Å²) in [5.41, 5.74) is 0. The Kier molecular flexibility index (Phi) is 1.66. The summed E-state index contributed by atoms with van der Waals surface area (Å²) in [5.74, 6) is 0. The smallest absolute Gasteiger partial charge is 0.238 e. The van der Waals surface area contributed by atoms with Gasteiger partial charge in [-0.15, -0.1) is 0 Å². The molecule has 0 amide bonds. The first-order chi connectivity index (χ1) is 4.22. The van der Waals surface area contributed by atoms with E-state index in [4.69, 9.17) is 5.11 Å². The monoisotopic (exact) mass is 131 g/mol. The molecule has 0 aromatic heterocycles. The molecular weight excluding hydrogens is 122 g/mol. The maximum atomic E-state index is 10.1. The fourth-order valence-corrected chi connectivity index (χ4v) is 1.17. The van der Waals surface area contributed by atoms with Crippen LogP contribution in [-0.4, -0.2) is 22.2 Å². The van der Waals surface area contributed by atoms with Crippen LogP contribution in [0.15, 0.2) is 0 Å². The zero-order valence-corrected chi connectivity index (χ0v) is 4.99. The summed E-state index contributed by atoms with van der Waals surface area (Å²) in [6.07, 6.45) is 1.21. The molecule has 1 saturated carbocycles. The maximum absolute atomic E-state index is 10.1. The van der Waals surface area contributed by atoms with Gasteiger partial charge in [-0.05, 0) is 12.8 Å². The number of aliphatic hydroxyl groups is 1. The lowest BCUT2D eigenvalue weighted by Gasteiger charge is -2.03. The SMILES string of the molecule is O=[N+]([O-])C1CCCC1O. The molecule has 1 N–H and O–H groups in total. The summed E-state index contributed by atoms with van der Waals surface area (Å²) < 4.78 is 0. The van der Waals surface area contributed by atoms with Gasteiger partial charge in [-0.2, -0.15) is 0 Å². The summed E-state index contributed by atoms with van der Waals surface area (Å²) in [5, 5.41) is 19.0. The van der Waals surface area contributed by atoms with Crippen LogP contribution in [0, 0.1) is 10.1 Å². The van der Waals surface area contributed by atoms with Crippen LogP contribution in [0.3, 0.4) is 0 Å². The normalized spacial score (nSPS) is 34.8. The molecule has 0 spiro atoms. The largest absolute Gasteiger partial charge is 0.386 e. The zero-order chi connectivity index (χ0) is 6.85. The third-order valence-electron chi connectivity index (χ3n) is 1.71. The molecule has 0 heterocycles. The van der Waals surface area contributed by atoms with E-state index in [1.54, 1.807) is 0 Å². The average Bonchev–Trinajstić information content (AvgIpc) is 2.13. The Hall–Kier alpha value is -0.640. The summed E-state index contributed by atoms with van der Waals surface area (Å²) in [7, 11) is 0. The molecule has 2 atom stereocenters. The quantitative estimate of drug-likeness (QED) is 0.407. The number of nitrogens with zero attached hydrogens (tertiary/aromatic N) is 1. The topological polar surface area (TPSA) is 63.4 Å². The lowest BCUT2D eigenvalue weighted by atomic mass is 10.2. The molecule has 0 saturated heterocycles. The van der Waals surface area contributed by atoms with Gasteiger partial charge in [0.2, 0.25) is 6.04 Å². The van der Waals surface area contributed by atoms with Gasteiger partial charge >= 0.3 is 0 Å². The van der Waals surface area contributed by atoms with Crippen LogP contribution in [0.1, 0.15) is 19.3 Å². The van der Waals surface area contributed by atoms with Crippen LogP contribution < -0.4 is 0 Å². The molecule has 4 heteroatoms. The van der Waals surface area contributed by atoms with Gasteiger partial charge in [0.05, 0.1) is 0 Å². The summed E-state index contributed by atoms with van der Waals surface area (Å²) in [6.45, 7) is 0. The number of rotatable bonds is 1. The van der Waals surface area contributed by atoms with E-state index in [9.17, 15) is 10.1 Å². The minimum atomic E-state index is -0.694. The second-order valence-electron chi connectivity index (χ2n) is 2.35. The molecule has 2 unspecified atom stereocenters. The van der Waals surface area contributed by atoms with Crippen molar-refractivity contribution in [3.8, 4) is 0 Å². The van der Waals surface area contributed by atoms with Crippen LogP contribution in [0.5, 0.6) is 0 Å². The second-order valence-corrected chi connectivity index (χ2v) is 2.35. The fourth-order valence-electron chi connectivity index (χ4n) is 1.17. The molecular formula is C5H9NO3. The molecule has 9 heavy (non-hydrogen) atoms. The third kappa shape index (κ3) is 1.18. The Labute approximate surface area is 52.6 Å². The van der Waals surface area contributed by atoms with Gasteiger partial charge in [0, 0.05) is 11.3 Å². The minimum Gasteiger partial charge on any atom is -0.386 e. The van der Waals surface area contributed by atoms with Gasteiger partial charge in [0.25, 0.3) is 0 Å². The molecule has 0 radical (unpaired) electrons. The maximum Gasteiger partial charge on any atom is 0.238 e. The molecule has 52 valence electrons. The van der Waals surface area contributed by atoms with Crippen molar-refractivity contribution in [1.82, 2.24) is 0 Å². The Morgan fingerprint density at radius 3 is 2.44 bits per heavy atom. The minimum absolute atomic E-state index is 0.391. The first-order valence-corrected chi connectivity index (χ1v) is 3.03. The zero-order valence-electron chi connectivity index (χ0n) is 4.99. The van der Waals surface area contributed by atoms with E-state index < -0.39 is 17.1 Å². The van der Waals surface area contributed by atoms with E-state index >= 15 is 0 Å². The van der Waals surface area contributed by atoms with Crippen molar-refractivity contribution in [3.63, 3.8) is 0 Å². The van der Waals surface area contributed by atoms with Crippen molar-refractivity contribution in [1.29, 1.82) is 0 Å². The Morgan fingerprint density at radius 1 is 1.56 bits per heavy atom. The highest BCUT2D eigenvalue weighted by Crippen LogP contribution is 2.20. The van der Waals surface area contributed by atoms with Crippen LogP contribution in [0.2, 0.25) is 0 Å². The van der Waals surface area contributed by atoms with Crippen molar-refractivity contribution in [3.05, 3.63) is 10.1 Å². The van der Waals surface area contributed by atoms with Crippen molar-refractivity contribution < 1.29 is 10.0 Å². The first kappa shape index (κ1) is 6.48. The number of hydrogen-bond donors (Lipinski definition) is 1. The summed E-state index contributed by atoms with van der Waals surface area (Å²) in [6, 6.07) is -0.690. The first-order valence-electron chi connectivity index (χ1n) is 3.03. The predicted molar refractivity (Wildman–Crippen MR) is 30.6 cm³/mol. The number of nitro groups is 1. The van der Waals surface area contributed by atoms with E-state index in [2.05, 4.69) is 0 Å². The third-order valence-corrected chi connectivity index (χ3v) is 1.71. The van der Waals surface area contributed by atoms with Crippen molar-refractivity contribution in [2.24, 2.45) is 0 Å². The van der Waals surface area contributed by atoms with Gasteiger partial charge in [-0.3, -0.25) is 10.1 Å². The Morgan fingerprint density at radius 2 is 2.22 bits per heavy atom. The predicted octanol–water partition coefficient (Wildman–Crippen LogP) is 0.176. The Bertz CT molecular complexity index is 125. The summed E-state index contributed by atoms with van der Waals surface area (Å²) in [4.78, 5) is 9.67. The fraction of sp³-hybridized carbons (Fsp3) is 1.00. The number of hydrogen-bond acceptors (Lipinski definition) is 3. The molecule has 0 aromatic rings. The van der Waals surface area contributed by atoms with Crippen molar-refractivity contribution >= 4 is 0 Å². The second kappa shape index (κ2) is 2.31. The van der Waals surface area contributed by atoms with E-state index in [1.165, 1.54) is 0 Å². The van der Waals surface area contributed by atoms with Crippen LogP contribution in [0.25, 0.3) is 0 Å².